The molecule has 0 aliphatic carbocycles. The molecule has 0 saturated carbocycles. The highest BCUT2D eigenvalue weighted by Crippen LogP contribution is 2.29. The van der Waals surface area contributed by atoms with Crippen molar-refractivity contribution in [1.29, 1.82) is 0 Å². The molecule has 0 N–H and O–H groups in total. The third-order valence-electron chi connectivity index (χ3n) is 5.12. The minimum absolute atomic E-state index is 0.122. The van der Waals surface area contributed by atoms with Crippen LogP contribution in [0.15, 0.2) is 36.9 Å². The number of aromatic nitrogens is 2. The second-order valence-electron chi connectivity index (χ2n) is 7.75. The van der Waals surface area contributed by atoms with Gasteiger partial charge in [-0.3, -0.25) is 4.79 Å². The lowest BCUT2D eigenvalue weighted by atomic mass is 10.0. The molecule has 3 rings (SSSR count). The Morgan fingerprint density at radius 3 is 2.19 bits per heavy atom. The molecule has 1 aliphatic heterocycles. The average Bonchev–Trinajstić information content (AvgIpc) is 3.21. The van der Waals surface area contributed by atoms with Crippen LogP contribution in [0.25, 0.3) is 0 Å². The summed E-state index contributed by atoms with van der Waals surface area (Å²) < 4.78 is 32.3. The number of imidazole rings is 1. The Bertz CT molecular complexity index is 823. The maximum atomic E-state index is 12.7. The van der Waals surface area contributed by atoms with E-state index in [1.54, 1.807) is 12.1 Å². The minimum atomic E-state index is 0.122. The van der Waals surface area contributed by atoms with Crippen LogP contribution in [0.4, 0.5) is 0 Å². The lowest BCUT2D eigenvalue weighted by Crippen LogP contribution is -2.23. The first-order valence-corrected chi connectivity index (χ1v) is 11.4. The van der Waals surface area contributed by atoms with Gasteiger partial charge in [-0.15, -0.1) is 0 Å². The first-order valence-electron chi connectivity index (χ1n) is 11.4. The number of carbonyl (C=O) groups excluding carboxylic acids is 1. The van der Waals surface area contributed by atoms with Crippen molar-refractivity contribution in [2.75, 3.05) is 52.9 Å². The van der Waals surface area contributed by atoms with E-state index < -0.39 is 0 Å². The fourth-order valence-electron chi connectivity index (χ4n) is 3.41. The number of ether oxygens (including phenoxy) is 5. The molecular weight excluding hydrogens is 412 g/mol. The van der Waals surface area contributed by atoms with Gasteiger partial charge >= 0.3 is 0 Å². The van der Waals surface area contributed by atoms with E-state index in [0.29, 0.717) is 76.3 Å². The van der Waals surface area contributed by atoms with E-state index in [-0.39, 0.29) is 5.78 Å². The van der Waals surface area contributed by atoms with Gasteiger partial charge in [0.05, 0.1) is 53.2 Å². The number of rotatable bonds is 7. The Kier molecular flexibility index (Phi) is 10.5. The zero-order valence-electron chi connectivity index (χ0n) is 19.0. The Hall–Kier alpha value is -2.42. The summed E-state index contributed by atoms with van der Waals surface area (Å²) in [6.07, 6.45) is 9.61. The monoisotopic (exact) mass is 447 g/mol. The highest BCUT2D eigenvalue weighted by atomic mass is 16.6. The van der Waals surface area contributed by atoms with E-state index in [4.69, 9.17) is 23.7 Å². The number of nitrogens with zero attached hydrogens (tertiary/aromatic N) is 2. The second-order valence-corrected chi connectivity index (χ2v) is 7.75. The van der Waals surface area contributed by atoms with Gasteiger partial charge in [0.1, 0.15) is 25.6 Å². The number of benzene rings is 1. The van der Waals surface area contributed by atoms with Crippen LogP contribution in [0.5, 0.6) is 11.5 Å². The topological polar surface area (TPSA) is 72.0 Å². The third-order valence-corrected chi connectivity index (χ3v) is 5.12. The number of Topliss-reactive ketones (excluding diaryl/α,β-unsaturated/α-hetero) is 1. The number of hydrogen-bond donors (Lipinski definition) is 0. The second kappa shape index (κ2) is 13.9. The smallest absolute Gasteiger partial charge is 0.243 e. The fourth-order valence-corrected chi connectivity index (χ4v) is 3.41. The molecule has 2 aromatic rings. The molecule has 8 nitrogen and oxygen atoms in total. The highest BCUT2D eigenvalue weighted by molar-refractivity contribution is 5.96. The standard InChI is InChI=1S/C24H35N2O6/c1-25-9-10-26(20-25)8-4-2-3-5-22(27)21-6-7-23-24(19-21)32-18-16-30-14-12-28-11-13-29-15-17-31-23/h6-7,9-10,19-20H,2-5,8,11-18H2,1H3/q+1. The number of ketones is 1. The molecule has 0 radical (unpaired) electrons. The van der Waals surface area contributed by atoms with Gasteiger partial charge in [-0.1, -0.05) is 0 Å². The number of unbranched alkanes of at least 4 members (excludes halogenated alkanes) is 2. The van der Waals surface area contributed by atoms with E-state index in [1.165, 1.54) is 0 Å². The number of carbonyl (C=O) groups is 1. The van der Waals surface area contributed by atoms with Gasteiger partial charge in [-0.25, -0.2) is 9.13 Å². The Morgan fingerprint density at radius 2 is 1.53 bits per heavy atom. The van der Waals surface area contributed by atoms with Gasteiger partial charge in [-0.05, 0) is 37.5 Å². The lowest BCUT2D eigenvalue weighted by molar-refractivity contribution is -0.671. The van der Waals surface area contributed by atoms with Gasteiger partial charge in [-0.2, -0.15) is 0 Å². The zero-order valence-corrected chi connectivity index (χ0v) is 19.0. The van der Waals surface area contributed by atoms with Crippen molar-refractivity contribution < 1.29 is 33.0 Å². The van der Waals surface area contributed by atoms with Crippen LogP contribution in [-0.2, 0) is 27.8 Å². The van der Waals surface area contributed by atoms with Crippen LogP contribution in [0.1, 0.15) is 36.0 Å². The van der Waals surface area contributed by atoms with Crippen molar-refractivity contribution in [1.82, 2.24) is 4.57 Å². The van der Waals surface area contributed by atoms with Gasteiger partial charge in [0.15, 0.2) is 17.3 Å². The van der Waals surface area contributed by atoms with Crippen molar-refractivity contribution in [3.05, 3.63) is 42.5 Å². The summed E-state index contributed by atoms with van der Waals surface area (Å²) in [7, 11) is 2.01. The SMILES string of the molecule is C[n+]1ccn(CCCCCC(=O)c2ccc3c(c2)OCCOCCOCCOCCO3)c1. The molecule has 0 unspecified atom stereocenters. The zero-order chi connectivity index (χ0) is 22.4. The van der Waals surface area contributed by atoms with E-state index >= 15 is 0 Å². The lowest BCUT2D eigenvalue weighted by Gasteiger charge is -2.14. The molecule has 2 heterocycles. The molecule has 0 fully saturated rings. The Balaban J connectivity index is 1.49. The molecule has 176 valence electrons. The molecule has 0 spiro atoms. The molecule has 8 heteroatoms. The van der Waals surface area contributed by atoms with Gasteiger partial charge in [0.25, 0.3) is 0 Å². The molecule has 0 atom stereocenters. The number of aryl methyl sites for hydroxylation is 2. The largest absolute Gasteiger partial charge is 0.487 e. The van der Waals surface area contributed by atoms with Crippen molar-refractivity contribution in [3.8, 4) is 11.5 Å². The van der Waals surface area contributed by atoms with Crippen LogP contribution < -0.4 is 14.0 Å². The minimum Gasteiger partial charge on any atom is -0.487 e. The third kappa shape index (κ3) is 8.61. The Labute approximate surface area is 190 Å². The summed E-state index contributed by atoms with van der Waals surface area (Å²) >= 11 is 0. The molecule has 0 saturated heterocycles. The summed E-state index contributed by atoms with van der Waals surface area (Å²) in [4.78, 5) is 12.7. The molecule has 1 aromatic carbocycles. The predicted octanol–water partition coefficient (Wildman–Crippen LogP) is 2.58. The molecule has 1 aliphatic rings. The number of hydrogen-bond acceptors (Lipinski definition) is 6. The highest BCUT2D eigenvalue weighted by Gasteiger charge is 2.13. The molecule has 0 amide bonds. The van der Waals surface area contributed by atoms with Crippen molar-refractivity contribution in [3.63, 3.8) is 0 Å². The summed E-state index contributed by atoms with van der Waals surface area (Å²) in [5.41, 5.74) is 0.647. The van der Waals surface area contributed by atoms with Crippen LogP contribution in [0, 0.1) is 0 Å². The van der Waals surface area contributed by atoms with E-state index in [9.17, 15) is 4.79 Å². The van der Waals surface area contributed by atoms with Crippen LogP contribution >= 0.6 is 0 Å². The normalized spacial score (nSPS) is 16.2. The van der Waals surface area contributed by atoms with Gasteiger partial charge < -0.3 is 23.7 Å². The maximum Gasteiger partial charge on any atom is 0.243 e. The van der Waals surface area contributed by atoms with Crippen LogP contribution in [0.3, 0.4) is 0 Å². The quantitative estimate of drug-likeness (QED) is 0.369. The molecular formula is C24H35N2O6+. The molecule has 1 aromatic heterocycles. The summed E-state index contributed by atoms with van der Waals surface area (Å²) in [5.74, 6) is 1.29. The van der Waals surface area contributed by atoms with E-state index in [0.717, 1.165) is 25.8 Å². The van der Waals surface area contributed by atoms with Gasteiger partial charge in [0.2, 0.25) is 6.33 Å². The van der Waals surface area contributed by atoms with E-state index in [2.05, 4.69) is 17.1 Å². The van der Waals surface area contributed by atoms with Crippen LogP contribution in [-0.4, -0.2) is 63.2 Å². The molecule has 32 heavy (non-hydrogen) atoms. The first-order chi connectivity index (χ1) is 15.7. The Morgan fingerprint density at radius 1 is 0.875 bits per heavy atom. The first kappa shape index (κ1) is 24.2. The van der Waals surface area contributed by atoms with Gasteiger partial charge in [0, 0.05) is 12.0 Å². The van der Waals surface area contributed by atoms with Crippen molar-refractivity contribution in [2.45, 2.75) is 32.2 Å². The summed E-state index contributed by atoms with van der Waals surface area (Å²) in [6, 6.07) is 5.39. The van der Waals surface area contributed by atoms with Crippen LogP contribution in [0.2, 0.25) is 0 Å². The molecule has 0 bridgehead atoms. The predicted molar refractivity (Wildman–Crippen MR) is 118 cm³/mol. The number of fused-ring (bicyclic) bond motifs is 1. The average molecular weight is 448 g/mol. The summed E-state index contributed by atoms with van der Waals surface area (Å²) in [5, 5.41) is 0. The fraction of sp³-hybridized carbons (Fsp3) is 0.583. The van der Waals surface area contributed by atoms with E-state index in [1.807, 2.05) is 23.9 Å². The van der Waals surface area contributed by atoms with Crippen molar-refractivity contribution >= 4 is 5.78 Å². The van der Waals surface area contributed by atoms with Crippen molar-refractivity contribution in [2.24, 2.45) is 7.05 Å². The maximum absolute atomic E-state index is 12.7. The summed E-state index contributed by atoms with van der Waals surface area (Å²) in [6.45, 7) is 4.74.